The predicted octanol–water partition coefficient (Wildman–Crippen LogP) is 3.80. The fourth-order valence-corrected chi connectivity index (χ4v) is 2.76. The third kappa shape index (κ3) is 2.63. The summed E-state index contributed by atoms with van der Waals surface area (Å²) in [7, 11) is 1.60. The normalized spacial score (nSPS) is 12.5. The maximum Gasteiger partial charge on any atom is 0.125 e. The summed E-state index contributed by atoms with van der Waals surface area (Å²) in [5.41, 5.74) is 1.86. The van der Waals surface area contributed by atoms with E-state index in [0.29, 0.717) is 10.1 Å². The molecule has 1 N–H and O–H groups in total. The number of rotatable bonds is 3. The summed E-state index contributed by atoms with van der Waals surface area (Å²) in [6.45, 7) is 1.98. The molecule has 2 nitrogen and oxygen atoms in total. The molecule has 0 aliphatic heterocycles. The molecular weight excluding hydrogens is 256 g/mol. The number of thiophene rings is 1. The van der Waals surface area contributed by atoms with E-state index in [2.05, 4.69) is 0 Å². The van der Waals surface area contributed by atoms with Crippen molar-refractivity contribution in [3.8, 4) is 5.75 Å². The number of hydrogen-bond acceptors (Lipinski definition) is 3. The van der Waals surface area contributed by atoms with Gasteiger partial charge in [0.2, 0.25) is 0 Å². The first-order chi connectivity index (χ1) is 8.11. The summed E-state index contributed by atoms with van der Waals surface area (Å²) in [4.78, 5) is 0.818. The fraction of sp³-hybridized carbons (Fsp3) is 0.231. The zero-order chi connectivity index (χ0) is 12.4. The molecule has 2 aromatic rings. The van der Waals surface area contributed by atoms with Crippen LogP contribution in [0.4, 0.5) is 0 Å². The summed E-state index contributed by atoms with van der Waals surface area (Å²) in [5, 5.41) is 10.3. The number of methoxy groups -OCH3 is 1. The number of aryl methyl sites for hydroxylation is 1. The average Bonchev–Trinajstić information content (AvgIpc) is 2.75. The maximum absolute atomic E-state index is 10.3. The van der Waals surface area contributed by atoms with Gasteiger partial charge in [0.15, 0.2) is 0 Å². The molecule has 0 bridgehead atoms. The number of ether oxygens (including phenoxy) is 1. The summed E-state index contributed by atoms with van der Waals surface area (Å²) in [5.74, 6) is 0.688. The molecule has 0 aliphatic rings. The Balaban J connectivity index is 2.42. The Bertz CT molecular complexity index is 522. The Hall–Kier alpha value is -1.03. The van der Waals surface area contributed by atoms with E-state index >= 15 is 0 Å². The molecule has 1 aromatic heterocycles. The van der Waals surface area contributed by atoms with Crippen LogP contribution in [0.3, 0.4) is 0 Å². The first-order valence-corrected chi connectivity index (χ1v) is 6.39. The molecule has 1 atom stereocenters. The van der Waals surface area contributed by atoms with Gasteiger partial charge in [-0.25, -0.2) is 0 Å². The highest BCUT2D eigenvalue weighted by Crippen LogP contribution is 2.35. The molecule has 0 saturated heterocycles. The Labute approximate surface area is 109 Å². The van der Waals surface area contributed by atoms with Gasteiger partial charge in [-0.05, 0) is 31.2 Å². The van der Waals surface area contributed by atoms with Crippen LogP contribution in [0, 0.1) is 6.92 Å². The van der Waals surface area contributed by atoms with Gasteiger partial charge in [-0.1, -0.05) is 23.2 Å². The van der Waals surface area contributed by atoms with Crippen LogP contribution >= 0.6 is 22.9 Å². The third-order valence-electron chi connectivity index (χ3n) is 2.54. The van der Waals surface area contributed by atoms with Crippen LogP contribution in [-0.4, -0.2) is 12.2 Å². The Morgan fingerprint density at radius 3 is 2.65 bits per heavy atom. The highest BCUT2D eigenvalue weighted by molar-refractivity contribution is 7.16. The van der Waals surface area contributed by atoms with Crippen molar-refractivity contribution in [2.45, 2.75) is 13.0 Å². The minimum Gasteiger partial charge on any atom is -0.496 e. The monoisotopic (exact) mass is 268 g/mol. The number of benzene rings is 1. The van der Waals surface area contributed by atoms with Crippen LogP contribution in [-0.2, 0) is 0 Å². The molecule has 0 radical (unpaired) electrons. The van der Waals surface area contributed by atoms with Crippen LogP contribution in [0.1, 0.15) is 22.1 Å². The Morgan fingerprint density at radius 1 is 1.29 bits per heavy atom. The molecule has 1 aromatic carbocycles. The average molecular weight is 269 g/mol. The molecule has 0 fully saturated rings. The highest BCUT2D eigenvalue weighted by Gasteiger charge is 2.17. The van der Waals surface area contributed by atoms with Crippen molar-refractivity contribution < 1.29 is 9.84 Å². The Kier molecular flexibility index (Phi) is 3.72. The summed E-state index contributed by atoms with van der Waals surface area (Å²) in [6.07, 6.45) is -0.692. The van der Waals surface area contributed by atoms with Gasteiger partial charge < -0.3 is 9.84 Å². The summed E-state index contributed by atoms with van der Waals surface area (Å²) < 4.78 is 5.93. The molecule has 0 saturated carbocycles. The largest absolute Gasteiger partial charge is 0.496 e. The standard InChI is InChI=1S/C13H13ClO2S/c1-8-3-4-10(16-2)9(7-8)13(15)11-5-6-12(14)17-11/h3-7,13,15H,1-2H3. The van der Waals surface area contributed by atoms with E-state index in [-0.39, 0.29) is 0 Å². The number of halogens is 1. The second kappa shape index (κ2) is 5.08. The van der Waals surface area contributed by atoms with Crippen molar-refractivity contribution in [1.82, 2.24) is 0 Å². The molecule has 0 amide bonds. The maximum atomic E-state index is 10.3. The molecule has 1 heterocycles. The SMILES string of the molecule is COc1ccc(C)cc1C(O)c1ccc(Cl)s1. The van der Waals surface area contributed by atoms with Gasteiger partial charge in [-0.15, -0.1) is 11.3 Å². The van der Waals surface area contributed by atoms with E-state index in [4.69, 9.17) is 16.3 Å². The van der Waals surface area contributed by atoms with E-state index in [9.17, 15) is 5.11 Å². The molecule has 0 aliphatic carbocycles. The lowest BCUT2D eigenvalue weighted by Crippen LogP contribution is -2.01. The van der Waals surface area contributed by atoms with E-state index in [0.717, 1.165) is 16.0 Å². The first-order valence-electron chi connectivity index (χ1n) is 5.19. The summed E-state index contributed by atoms with van der Waals surface area (Å²) >= 11 is 7.25. The Morgan fingerprint density at radius 2 is 2.06 bits per heavy atom. The van der Waals surface area contributed by atoms with Gasteiger partial charge in [0, 0.05) is 10.4 Å². The topological polar surface area (TPSA) is 29.5 Å². The minimum atomic E-state index is -0.692. The molecule has 2 rings (SSSR count). The minimum absolute atomic E-state index is 0.672. The molecule has 0 spiro atoms. The van der Waals surface area contributed by atoms with Crippen molar-refractivity contribution in [3.63, 3.8) is 0 Å². The molecular formula is C13H13ClO2S. The van der Waals surface area contributed by atoms with Crippen LogP contribution in [0.2, 0.25) is 4.34 Å². The van der Waals surface area contributed by atoms with Crippen molar-refractivity contribution in [2.24, 2.45) is 0 Å². The van der Waals surface area contributed by atoms with E-state index < -0.39 is 6.10 Å². The van der Waals surface area contributed by atoms with Crippen LogP contribution in [0.5, 0.6) is 5.75 Å². The van der Waals surface area contributed by atoms with Crippen molar-refractivity contribution >= 4 is 22.9 Å². The van der Waals surface area contributed by atoms with E-state index in [1.54, 1.807) is 13.2 Å². The molecule has 90 valence electrons. The van der Waals surface area contributed by atoms with Crippen LogP contribution < -0.4 is 4.74 Å². The van der Waals surface area contributed by atoms with Crippen molar-refractivity contribution in [3.05, 3.63) is 50.7 Å². The van der Waals surface area contributed by atoms with Crippen molar-refractivity contribution in [2.75, 3.05) is 7.11 Å². The van der Waals surface area contributed by atoms with Gasteiger partial charge >= 0.3 is 0 Å². The second-order valence-electron chi connectivity index (χ2n) is 3.79. The molecule has 1 unspecified atom stereocenters. The zero-order valence-corrected chi connectivity index (χ0v) is 11.2. The third-order valence-corrected chi connectivity index (χ3v) is 3.83. The van der Waals surface area contributed by atoms with Crippen LogP contribution in [0.15, 0.2) is 30.3 Å². The number of hydrogen-bond donors (Lipinski definition) is 1. The van der Waals surface area contributed by atoms with Crippen molar-refractivity contribution in [1.29, 1.82) is 0 Å². The van der Waals surface area contributed by atoms with Gasteiger partial charge in [-0.3, -0.25) is 0 Å². The van der Waals surface area contributed by atoms with E-state index in [1.165, 1.54) is 11.3 Å². The van der Waals surface area contributed by atoms with Gasteiger partial charge in [0.05, 0.1) is 11.4 Å². The van der Waals surface area contributed by atoms with Gasteiger partial charge in [0.25, 0.3) is 0 Å². The molecule has 4 heteroatoms. The fourth-order valence-electron chi connectivity index (χ4n) is 1.70. The zero-order valence-electron chi connectivity index (χ0n) is 9.61. The lowest BCUT2D eigenvalue weighted by atomic mass is 10.0. The quantitative estimate of drug-likeness (QED) is 0.917. The summed E-state index contributed by atoms with van der Waals surface area (Å²) in [6, 6.07) is 9.36. The lowest BCUT2D eigenvalue weighted by molar-refractivity contribution is 0.218. The van der Waals surface area contributed by atoms with E-state index in [1.807, 2.05) is 31.2 Å². The highest BCUT2D eigenvalue weighted by atomic mass is 35.5. The first kappa shape index (κ1) is 12.4. The molecule has 17 heavy (non-hydrogen) atoms. The smallest absolute Gasteiger partial charge is 0.125 e. The number of aliphatic hydroxyl groups excluding tert-OH is 1. The number of aliphatic hydroxyl groups is 1. The predicted molar refractivity (Wildman–Crippen MR) is 71.1 cm³/mol. The van der Waals surface area contributed by atoms with Gasteiger partial charge in [-0.2, -0.15) is 0 Å². The second-order valence-corrected chi connectivity index (χ2v) is 5.54. The van der Waals surface area contributed by atoms with Gasteiger partial charge in [0.1, 0.15) is 11.9 Å². The lowest BCUT2D eigenvalue weighted by Gasteiger charge is -2.14. The van der Waals surface area contributed by atoms with Crippen LogP contribution in [0.25, 0.3) is 0 Å².